The Bertz CT molecular complexity index is 1610. The van der Waals surface area contributed by atoms with Gasteiger partial charge < -0.3 is 20.4 Å². The first-order valence-corrected chi connectivity index (χ1v) is 9.11. The zero-order valence-corrected chi connectivity index (χ0v) is 15.9. The van der Waals surface area contributed by atoms with Gasteiger partial charge in [0.05, 0.1) is 16.6 Å². The van der Waals surface area contributed by atoms with Crippen LogP contribution in [-0.2, 0) is 0 Å². The number of hydrogen-bond donors (Lipinski definition) is 4. The van der Waals surface area contributed by atoms with E-state index in [1.807, 2.05) is 0 Å². The minimum Gasteiger partial charge on any atom is -0.477 e. The maximum absolute atomic E-state index is 14.6. The van der Waals surface area contributed by atoms with Crippen LogP contribution in [0.4, 0.5) is 14.5 Å². The number of nitrogens with zero attached hydrogens (tertiary/aromatic N) is 2. The molecular weight excluding hydrogens is 408 g/mol. The monoisotopic (exact) mass is 421 g/mol. The lowest BCUT2D eigenvalue weighted by Gasteiger charge is -2.05. The van der Waals surface area contributed by atoms with Crippen molar-refractivity contribution in [2.24, 2.45) is 0 Å². The molecular formula is C21H13F2N5O3. The Labute approximate surface area is 171 Å². The number of carbonyl (C=O) groups is 1. The molecule has 0 spiro atoms. The van der Waals surface area contributed by atoms with Crippen molar-refractivity contribution >= 4 is 44.6 Å². The van der Waals surface area contributed by atoms with Crippen molar-refractivity contribution in [3.63, 3.8) is 0 Å². The highest BCUT2D eigenvalue weighted by atomic mass is 19.2. The van der Waals surface area contributed by atoms with E-state index in [0.717, 1.165) is 12.3 Å². The maximum atomic E-state index is 14.6. The number of carboxylic acid groups (broad SMARTS) is 1. The van der Waals surface area contributed by atoms with E-state index in [1.165, 1.54) is 18.5 Å². The summed E-state index contributed by atoms with van der Waals surface area (Å²) in [6, 6.07) is 4.16. The van der Waals surface area contributed by atoms with Gasteiger partial charge in [0.1, 0.15) is 16.9 Å². The number of aromatic nitrogens is 4. The lowest BCUT2D eigenvalue weighted by molar-refractivity contribution is 0.0695. The topological polar surface area (TPSA) is 124 Å². The Morgan fingerprint density at radius 2 is 1.74 bits per heavy atom. The number of carboxylic acids is 1. The van der Waals surface area contributed by atoms with Crippen LogP contribution in [-0.4, -0.2) is 38.1 Å². The molecule has 0 bridgehead atoms. The second-order valence-electron chi connectivity index (χ2n) is 6.92. The van der Waals surface area contributed by atoms with E-state index in [4.69, 9.17) is 0 Å². The van der Waals surface area contributed by atoms with Crippen LogP contribution in [0.3, 0.4) is 0 Å². The van der Waals surface area contributed by atoms with E-state index in [0.29, 0.717) is 33.4 Å². The largest absolute Gasteiger partial charge is 0.477 e. The van der Waals surface area contributed by atoms with Gasteiger partial charge in [-0.05, 0) is 12.1 Å². The van der Waals surface area contributed by atoms with Gasteiger partial charge in [-0.1, -0.05) is 0 Å². The molecule has 10 heteroatoms. The molecule has 4 N–H and O–H groups in total. The van der Waals surface area contributed by atoms with Gasteiger partial charge in [-0.15, -0.1) is 0 Å². The molecule has 0 atom stereocenters. The second-order valence-corrected chi connectivity index (χ2v) is 6.92. The smallest absolute Gasteiger partial charge is 0.341 e. The van der Waals surface area contributed by atoms with Gasteiger partial charge >= 0.3 is 5.97 Å². The fourth-order valence-corrected chi connectivity index (χ4v) is 3.66. The molecule has 5 aromatic rings. The van der Waals surface area contributed by atoms with Crippen LogP contribution >= 0.6 is 0 Å². The third-order valence-corrected chi connectivity index (χ3v) is 5.18. The molecule has 154 valence electrons. The molecule has 0 radical (unpaired) electrons. The molecule has 0 saturated carbocycles. The van der Waals surface area contributed by atoms with E-state index in [-0.39, 0.29) is 16.4 Å². The van der Waals surface area contributed by atoms with E-state index < -0.39 is 28.6 Å². The van der Waals surface area contributed by atoms with Crippen molar-refractivity contribution in [2.45, 2.75) is 0 Å². The highest BCUT2D eigenvalue weighted by Gasteiger charge is 2.19. The van der Waals surface area contributed by atoms with Crippen LogP contribution in [0.15, 0.2) is 41.6 Å². The molecule has 0 fully saturated rings. The molecule has 4 aromatic heterocycles. The van der Waals surface area contributed by atoms with Gasteiger partial charge in [0.2, 0.25) is 5.43 Å². The number of aromatic amines is 2. The van der Waals surface area contributed by atoms with E-state index in [9.17, 15) is 23.5 Å². The van der Waals surface area contributed by atoms with Crippen LogP contribution in [0.5, 0.6) is 0 Å². The molecule has 0 aliphatic heterocycles. The molecule has 1 aromatic carbocycles. The van der Waals surface area contributed by atoms with Gasteiger partial charge in [0.25, 0.3) is 0 Å². The predicted molar refractivity (Wildman–Crippen MR) is 111 cm³/mol. The summed E-state index contributed by atoms with van der Waals surface area (Å²) in [5.74, 6) is -3.35. The average molecular weight is 421 g/mol. The standard InChI is InChI=1S/C21H13F2N5O3/c1-24-14-4-13(22)16(23)15-10-2-8(6-26-20(10)28-17(14)15)9-3-11-18(29)12(21(30)31)7-27-19(11)25-5-9/h2-7,24H,1H3,(H,26,28)(H,30,31)(H,25,27,29). The Kier molecular flexibility index (Phi) is 3.97. The zero-order chi connectivity index (χ0) is 21.9. The number of rotatable bonds is 3. The van der Waals surface area contributed by atoms with E-state index >= 15 is 0 Å². The molecule has 0 aliphatic rings. The maximum Gasteiger partial charge on any atom is 0.341 e. The number of hydrogen-bond acceptors (Lipinski definition) is 5. The van der Waals surface area contributed by atoms with Crippen molar-refractivity contribution in [3.05, 3.63) is 64.2 Å². The Morgan fingerprint density at radius 1 is 1.06 bits per heavy atom. The SMILES string of the molecule is CNc1cc(F)c(F)c2c1[nH]c1ncc(-c3cnc4[nH]cc(C(=O)O)c(=O)c4c3)cc12. The quantitative estimate of drug-likeness (QED) is 0.353. The number of nitrogens with one attached hydrogen (secondary N) is 3. The van der Waals surface area contributed by atoms with Gasteiger partial charge in [0, 0.05) is 53.6 Å². The van der Waals surface area contributed by atoms with E-state index in [1.54, 1.807) is 13.1 Å². The number of fused-ring (bicyclic) bond motifs is 4. The lowest BCUT2D eigenvalue weighted by atomic mass is 10.0. The summed E-state index contributed by atoms with van der Waals surface area (Å²) in [4.78, 5) is 37.9. The number of aromatic carboxylic acids is 1. The molecule has 5 rings (SSSR count). The molecule has 0 unspecified atom stereocenters. The van der Waals surface area contributed by atoms with Crippen molar-refractivity contribution in [1.29, 1.82) is 0 Å². The summed E-state index contributed by atoms with van der Waals surface area (Å²) in [6.45, 7) is 0. The first-order valence-electron chi connectivity index (χ1n) is 9.11. The fourth-order valence-electron chi connectivity index (χ4n) is 3.66. The van der Waals surface area contributed by atoms with Crippen LogP contribution in [0, 0.1) is 11.6 Å². The third kappa shape index (κ3) is 2.72. The predicted octanol–water partition coefficient (Wildman–Crippen LogP) is 3.64. The molecule has 0 aliphatic carbocycles. The summed E-state index contributed by atoms with van der Waals surface area (Å²) in [6.07, 6.45) is 4.07. The number of pyridine rings is 3. The highest BCUT2D eigenvalue weighted by Crippen LogP contribution is 2.35. The molecule has 31 heavy (non-hydrogen) atoms. The molecule has 8 nitrogen and oxygen atoms in total. The first-order chi connectivity index (χ1) is 14.9. The minimum absolute atomic E-state index is 0.0495. The highest BCUT2D eigenvalue weighted by molar-refractivity contribution is 6.11. The van der Waals surface area contributed by atoms with Crippen molar-refractivity contribution in [3.8, 4) is 11.1 Å². The Balaban J connectivity index is 1.77. The molecule has 0 amide bonds. The molecule has 0 saturated heterocycles. The summed E-state index contributed by atoms with van der Waals surface area (Å²) >= 11 is 0. The van der Waals surface area contributed by atoms with Gasteiger partial charge in [-0.2, -0.15) is 0 Å². The zero-order valence-electron chi connectivity index (χ0n) is 15.9. The normalized spacial score (nSPS) is 11.5. The summed E-state index contributed by atoms with van der Waals surface area (Å²) < 4.78 is 28.7. The fraction of sp³-hybridized carbons (Fsp3) is 0.0476. The third-order valence-electron chi connectivity index (χ3n) is 5.18. The lowest BCUT2D eigenvalue weighted by Crippen LogP contribution is -2.15. The van der Waals surface area contributed by atoms with Crippen molar-refractivity contribution < 1.29 is 18.7 Å². The van der Waals surface area contributed by atoms with E-state index in [2.05, 4.69) is 25.3 Å². The van der Waals surface area contributed by atoms with Crippen LogP contribution in [0.1, 0.15) is 10.4 Å². The Hall–Kier alpha value is -4.34. The number of H-pyrrole nitrogens is 2. The number of benzene rings is 1. The van der Waals surface area contributed by atoms with Crippen molar-refractivity contribution in [1.82, 2.24) is 19.9 Å². The van der Waals surface area contributed by atoms with Crippen LogP contribution < -0.4 is 10.7 Å². The number of halogens is 2. The average Bonchev–Trinajstić information content (AvgIpc) is 3.15. The van der Waals surface area contributed by atoms with Crippen LogP contribution in [0.2, 0.25) is 0 Å². The Morgan fingerprint density at radius 3 is 2.42 bits per heavy atom. The second kappa shape index (κ2) is 6.59. The molecule has 4 heterocycles. The van der Waals surface area contributed by atoms with Gasteiger partial charge in [0.15, 0.2) is 11.6 Å². The van der Waals surface area contributed by atoms with Crippen molar-refractivity contribution in [2.75, 3.05) is 12.4 Å². The summed E-state index contributed by atoms with van der Waals surface area (Å²) in [5.41, 5.74) is 1.23. The summed E-state index contributed by atoms with van der Waals surface area (Å²) in [5, 5.41) is 12.5. The van der Waals surface area contributed by atoms with Gasteiger partial charge in [-0.3, -0.25) is 4.79 Å². The minimum atomic E-state index is -1.35. The first kappa shape index (κ1) is 18.7. The van der Waals surface area contributed by atoms with Crippen LogP contribution in [0.25, 0.3) is 44.1 Å². The van der Waals surface area contributed by atoms with Gasteiger partial charge in [-0.25, -0.2) is 23.5 Å². The number of anilines is 1. The summed E-state index contributed by atoms with van der Waals surface area (Å²) in [7, 11) is 1.60.